The molecule has 4 aromatic carbocycles. The summed E-state index contributed by atoms with van der Waals surface area (Å²) < 4.78 is 23.4. The Morgan fingerprint density at radius 1 is 0.476 bits per heavy atom. The Bertz CT molecular complexity index is 1830. The summed E-state index contributed by atoms with van der Waals surface area (Å²) in [7, 11) is 0. The minimum atomic E-state index is -0.785. The predicted octanol–water partition coefficient (Wildman–Crippen LogP) is 8.17. The second-order valence-electron chi connectivity index (χ2n) is 18.2. The molecule has 0 aromatic heterocycles. The Balaban J connectivity index is 1.46. The molecule has 4 aromatic rings. The van der Waals surface area contributed by atoms with Gasteiger partial charge >= 0.3 is 24.1 Å². The van der Waals surface area contributed by atoms with Crippen molar-refractivity contribution in [2.45, 2.75) is 147 Å². The first-order valence-electron chi connectivity index (χ1n) is 22.0. The van der Waals surface area contributed by atoms with Gasteiger partial charge in [0.25, 0.3) is 0 Å². The summed E-state index contributed by atoms with van der Waals surface area (Å²) in [5.74, 6) is -1.07. The molecule has 6 N–H and O–H groups in total. The molecular formula is C51H68N4O8. The highest BCUT2D eigenvalue weighted by atomic mass is 16.6. The number of hydrogen-bond acceptors (Lipinski definition) is 10. The van der Waals surface area contributed by atoms with Crippen molar-refractivity contribution >= 4 is 24.1 Å². The maximum Gasteiger partial charge on any atom is 0.407 e. The zero-order valence-corrected chi connectivity index (χ0v) is 37.8. The number of nitrogens with two attached hydrogens (primary N) is 2. The molecule has 0 aliphatic carbocycles. The van der Waals surface area contributed by atoms with Crippen LogP contribution in [-0.4, -0.2) is 71.7 Å². The highest BCUT2D eigenvalue weighted by molar-refractivity contribution is 5.73. The number of benzene rings is 4. The van der Waals surface area contributed by atoms with Crippen LogP contribution >= 0.6 is 0 Å². The monoisotopic (exact) mass is 865 g/mol. The van der Waals surface area contributed by atoms with Gasteiger partial charge in [-0.05, 0) is 95.9 Å². The molecule has 63 heavy (non-hydrogen) atoms. The van der Waals surface area contributed by atoms with Crippen molar-refractivity contribution in [2.24, 2.45) is 11.5 Å². The molecule has 6 atom stereocenters. The molecule has 0 saturated heterocycles. The van der Waals surface area contributed by atoms with Crippen LogP contribution in [0.5, 0.6) is 0 Å². The summed E-state index contributed by atoms with van der Waals surface area (Å²) in [6.45, 7) is 10.8. The third-order valence-electron chi connectivity index (χ3n) is 10.0. The van der Waals surface area contributed by atoms with Gasteiger partial charge in [0, 0.05) is 49.9 Å². The van der Waals surface area contributed by atoms with Gasteiger partial charge in [0.1, 0.15) is 23.4 Å². The number of ether oxygens (including phenoxy) is 4. The third kappa shape index (κ3) is 20.3. The molecule has 6 unspecified atom stereocenters. The average Bonchev–Trinajstić information content (AvgIpc) is 3.20. The van der Waals surface area contributed by atoms with Crippen molar-refractivity contribution in [1.29, 1.82) is 0 Å². The van der Waals surface area contributed by atoms with E-state index in [0.29, 0.717) is 25.7 Å². The lowest BCUT2D eigenvalue weighted by Gasteiger charge is -2.30. The molecule has 4 rings (SSSR count). The van der Waals surface area contributed by atoms with Crippen LogP contribution in [0.2, 0.25) is 0 Å². The maximum atomic E-state index is 13.6. The van der Waals surface area contributed by atoms with Crippen LogP contribution in [0, 0.1) is 0 Å². The average molecular weight is 865 g/mol. The Morgan fingerprint density at radius 2 is 0.762 bits per heavy atom. The van der Waals surface area contributed by atoms with E-state index in [9.17, 15) is 19.2 Å². The fourth-order valence-corrected chi connectivity index (χ4v) is 7.18. The van der Waals surface area contributed by atoms with E-state index < -0.39 is 71.7 Å². The Hall–Kier alpha value is -5.72. The number of carbonyl (C=O) groups is 4. The van der Waals surface area contributed by atoms with E-state index in [4.69, 9.17) is 30.4 Å². The van der Waals surface area contributed by atoms with Gasteiger partial charge in [-0.1, -0.05) is 121 Å². The summed E-state index contributed by atoms with van der Waals surface area (Å²) in [4.78, 5) is 53.2. The largest absolute Gasteiger partial charge is 0.461 e. The molecular weight excluding hydrogens is 797 g/mol. The topological polar surface area (TPSA) is 181 Å². The first-order valence-corrected chi connectivity index (χ1v) is 22.0. The Kier molecular flexibility index (Phi) is 19.7. The first-order chi connectivity index (χ1) is 29.9. The van der Waals surface area contributed by atoms with Crippen molar-refractivity contribution in [1.82, 2.24) is 10.6 Å². The number of esters is 2. The van der Waals surface area contributed by atoms with Gasteiger partial charge in [-0.15, -0.1) is 0 Å². The van der Waals surface area contributed by atoms with Crippen LogP contribution in [0.3, 0.4) is 0 Å². The van der Waals surface area contributed by atoms with Gasteiger partial charge < -0.3 is 41.0 Å². The SMILES string of the molecule is CC(C)(C)OC(=O)NC(Cc1ccccc1)CC(OC(=O)CCCC(=O)OC(CC(Cc1ccccc1)NC(=O)OC(C)(C)C)C(N)Cc1ccccc1)C(N)Cc1ccccc1. The second-order valence-corrected chi connectivity index (χ2v) is 18.2. The van der Waals surface area contributed by atoms with Crippen LogP contribution in [0.1, 0.15) is 95.9 Å². The lowest BCUT2D eigenvalue weighted by atomic mass is 9.94. The van der Waals surface area contributed by atoms with Gasteiger partial charge in [0.2, 0.25) is 0 Å². The number of nitrogens with one attached hydrogen (secondary N) is 2. The molecule has 0 fully saturated rings. The quantitative estimate of drug-likeness (QED) is 0.0445. The third-order valence-corrected chi connectivity index (χ3v) is 10.0. The summed E-state index contributed by atoms with van der Waals surface area (Å²) in [5, 5.41) is 5.96. The van der Waals surface area contributed by atoms with Gasteiger partial charge in [0.15, 0.2) is 0 Å². The van der Waals surface area contributed by atoms with E-state index in [2.05, 4.69) is 10.6 Å². The molecule has 0 radical (unpaired) electrons. The van der Waals surface area contributed by atoms with Crippen LogP contribution in [-0.2, 0) is 54.2 Å². The van der Waals surface area contributed by atoms with Crippen molar-refractivity contribution in [3.63, 3.8) is 0 Å². The van der Waals surface area contributed by atoms with Crippen LogP contribution in [0.4, 0.5) is 9.59 Å². The number of amides is 2. The van der Waals surface area contributed by atoms with Gasteiger partial charge in [-0.2, -0.15) is 0 Å². The van der Waals surface area contributed by atoms with Gasteiger partial charge in [0.05, 0.1) is 0 Å². The van der Waals surface area contributed by atoms with Crippen molar-refractivity contribution in [3.8, 4) is 0 Å². The second kappa shape index (κ2) is 24.8. The minimum absolute atomic E-state index is 0.0793. The fraction of sp³-hybridized carbons (Fsp3) is 0.451. The molecule has 0 spiro atoms. The van der Waals surface area contributed by atoms with Crippen LogP contribution in [0.15, 0.2) is 121 Å². The molecule has 0 saturated carbocycles. The highest BCUT2D eigenvalue weighted by Gasteiger charge is 2.31. The minimum Gasteiger partial charge on any atom is -0.461 e. The van der Waals surface area contributed by atoms with Crippen LogP contribution < -0.4 is 22.1 Å². The van der Waals surface area contributed by atoms with E-state index >= 15 is 0 Å². The summed E-state index contributed by atoms with van der Waals surface area (Å²) >= 11 is 0. The normalized spacial score (nSPS) is 14.5. The van der Waals surface area contributed by atoms with Gasteiger partial charge in [-0.25, -0.2) is 9.59 Å². The van der Waals surface area contributed by atoms with E-state index in [-0.39, 0.29) is 32.1 Å². The van der Waals surface area contributed by atoms with Gasteiger partial charge in [-0.3, -0.25) is 9.59 Å². The molecule has 0 heterocycles. The maximum absolute atomic E-state index is 13.6. The van der Waals surface area contributed by atoms with Crippen LogP contribution in [0.25, 0.3) is 0 Å². The molecule has 340 valence electrons. The molecule has 0 aliphatic heterocycles. The number of alkyl carbamates (subject to hydrolysis) is 2. The number of hydrogen-bond donors (Lipinski definition) is 4. The zero-order valence-electron chi connectivity index (χ0n) is 37.8. The Labute approximate surface area is 373 Å². The predicted molar refractivity (Wildman–Crippen MR) is 246 cm³/mol. The smallest absolute Gasteiger partial charge is 0.407 e. The Morgan fingerprint density at radius 3 is 1.05 bits per heavy atom. The lowest BCUT2D eigenvalue weighted by molar-refractivity contribution is -0.152. The van der Waals surface area contributed by atoms with E-state index in [1.54, 1.807) is 41.5 Å². The molecule has 0 bridgehead atoms. The van der Waals surface area contributed by atoms with E-state index in [1.165, 1.54) is 0 Å². The zero-order chi connectivity index (χ0) is 45.8. The van der Waals surface area contributed by atoms with E-state index in [1.807, 2.05) is 121 Å². The summed E-state index contributed by atoms with van der Waals surface area (Å²) in [5.41, 5.74) is 16.1. The standard InChI is InChI=1S/C51H68N4O8/c1-50(2,3)62-48(58)54-40(30-36-20-11-7-12-21-36)34-44(42(52)32-38-24-15-9-16-25-38)60-46(56)28-19-29-47(57)61-45(43(53)33-39-26-17-10-18-27-39)35-41(31-37-22-13-8-14-23-37)55-49(59)63-51(4,5)6/h7-18,20-27,40-45H,19,28-35,52-53H2,1-6H3,(H,54,58)(H,55,59). The van der Waals surface area contributed by atoms with Crippen molar-refractivity contribution in [3.05, 3.63) is 144 Å². The molecule has 12 heteroatoms. The van der Waals surface area contributed by atoms with Crippen molar-refractivity contribution < 1.29 is 38.1 Å². The molecule has 2 amide bonds. The summed E-state index contributed by atoms with van der Waals surface area (Å²) in [6, 6.07) is 36.6. The highest BCUT2D eigenvalue weighted by Crippen LogP contribution is 2.20. The summed E-state index contributed by atoms with van der Waals surface area (Å²) in [6.07, 6.45) is -0.564. The van der Waals surface area contributed by atoms with Crippen molar-refractivity contribution in [2.75, 3.05) is 0 Å². The molecule has 0 aliphatic rings. The fourth-order valence-electron chi connectivity index (χ4n) is 7.18. The lowest BCUT2D eigenvalue weighted by Crippen LogP contribution is -2.47. The molecule has 12 nitrogen and oxygen atoms in total. The number of carbonyl (C=O) groups excluding carboxylic acids is 4. The number of rotatable bonds is 22. The van der Waals surface area contributed by atoms with E-state index in [0.717, 1.165) is 22.3 Å². The first kappa shape index (κ1) is 49.9.